The number of imide groups is 1. The molecule has 3 amide bonds. The average Bonchev–Trinajstić information content (AvgIpc) is 2.63. The van der Waals surface area contributed by atoms with Gasteiger partial charge in [0, 0.05) is 23.1 Å². The van der Waals surface area contributed by atoms with Crippen molar-refractivity contribution in [3.05, 3.63) is 34.3 Å². The van der Waals surface area contributed by atoms with Crippen molar-refractivity contribution in [2.24, 2.45) is 0 Å². The van der Waals surface area contributed by atoms with E-state index >= 15 is 0 Å². The van der Waals surface area contributed by atoms with Gasteiger partial charge in [0.25, 0.3) is 5.91 Å². The third kappa shape index (κ3) is 2.02. The molecule has 0 unspecified atom stereocenters. The average molecular weight is 269 g/mol. The summed E-state index contributed by atoms with van der Waals surface area (Å²) in [5.74, 6) is -0.258. The number of rotatable bonds is 1. The molecule has 5 heteroatoms. The lowest BCUT2D eigenvalue weighted by molar-refractivity contribution is 0.0829. The smallest absolute Gasteiger partial charge is 0.324 e. The molecular formula is C10H9BrN2O2. The van der Waals surface area contributed by atoms with Crippen LogP contribution < -0.4 is 5.32 Å². The minimum Gasteiger partial charge on any atom is -0.336 e. The van der Waals surface area contributed by atoms with Gasteiger partial charge in [0.1, 0.15) is 0 Å². The molecule has 15 heavy (non-hydrogen) atoms. The summed E-state index contributed by atoms with van der Waals surface area (Å²) in [7, 11) is 0. The molecule has 1 aromatic carbocycles. The Hall–Kier alpha value is -1.36. The Bertz CT molecular complexity index is 420. The third-order valence-corrected chi connectivity index (χ3v) is 2.67. The van der Waals surface area contributed by atoms with E-state index in [2.05, 4.69) is 21.2 Å². The molecule has 0 aromatic heterocycles. The van der Waals surface area contributed by atoms with Crippen LogP contribution in [0, 0.1) is 0 Å². The van der Waals surface area contributed by atoms with Crippen molar-refractivity contribution < 1.29 is 9.59 Å². The van der Waals surface area contributed by atoms with Gasteiger partial charge in [-0.2, -0.15) is 0 Å². The molecule has 1 aromatic rings. The van der Waals surface area contributed by atoms with Gasteiger partial charge in [-0.1, -0.05) is 22.0 Å². The van der Waals surface area contributed by atoms with Crippen LogP contribution in [0.2, 0.25) is 0 Å². The van der Waals surface area contributed by atoms with Gasteiger partial charge >= 0.3 is 6.03 Å². The van der Waals surface area contributed by atoms with Gasteiger partial charge in [-0.05, 0) is 18.2 Å². The summed E-state index contributed by atoms with van der Waals surface area (Å²) < 4.78 is 0.827. The first-order valence-corrected chi connectivity index (χ1v) is 5.33. The number of benzene rings is 1. The molecule has 1 aliphatic rings. The minimum atomic E-state index is -0.319. The predicted octanol–water partition coefficient (Wildman–Crippen LogP) is 1.61. The van der Waals surface area contributed by atoms with Crippen LogP contribution in [0.25, 0.3) is 0 Å². The molecule has 0 bridgehead atoms. The minimum absolute atomic E-state index is 0.258. The number of carbonyl (C=O) groups is 2. The van der Waals surface area contributed by atoms with E-state index < -0.39 is 0 Å². The van der Waals surface area contributed by atoms with Crippen LogP contribution >= 0.6 is 15.9 Å². The second kappa shape index (κ2) is 4.02. The largest absolute Gasteiger partial charge is 0.336 e. The highest BCUT2D eigenvalue weighted by atomic mass is 79.9. The maximum Gasteiger partial charge on any atom is 0.324 e. The summed E-state index contributed by atoms with van der Waals surface area (Å²) in [5, 5.41) is 2.59. The van der Waals surface area contributed by atoms with Gasteiger partial charge < -0.3 is 5.32 Å². The number of carbonyl (C=O) groups excluding carboxylic acids is 2. The summed E-state index contributed by atoms with van der Waals surface area (Å²) in [4.78, 5) is 24.3. The first-order chi connectivity index (χ1) is 7.18. The lowest BCUT2D eigenvalue weighted by Crippen LogP contribution is -2.34. The Morgan fingerprint density at radius 2 is 2.27 bits per heavy atom. The Kier molecular flexibility index (Phi) is 2.73. The molecule has 0 spiro atoms. The van der Waals surface area contributed by atoms with Gasteiger partial charge in [0.15, 0.2) is 0 Å². The third-order valence-electron chi connectivity index (χ3n) is 2.17. The molecule has 0 saturated carbocycles. The van der Waals surface area contributed by atoms with Crippen molar-refractivity contribution in [3.63, 3.8) is 0 Å². The summed E-state index contributed by atoms with van der Waals surface area (Å²) in [6, 6.07) is 6.68. The molecule has 1 aliphatic heterocycles. The molecule has 4 nitrogen and oxygen atoms in total. The first kappa shape index (κ1) is 10.2. The molecule has 0 atom stereocenters. The van der Waals surface area contributed by atoms with Crippen molar-refractivity contribution in [3.8, 4) is 0 Å². The zero-order valence-corrected chi connectivity index (χ0v) is 9.45. The van der Waals surface area contributed by atoms with Gasteiger partial charge in [0.2, 0.25) is 0 Å². The molecule has 1 saturated heterocycles. The highest BCUT2D eigenvalue weighted by molar-refractivity contribution is 9.10. The maximum absolute atomic E-state index is 11.9. The van der Waals surface area contributed by atoms with Crippen molar-refractivity contribution >= 4 is 27.9 Å². The first-order valence-electron chi connectivity index (χ1n) is 4.54. The Morgan fingerprint density at radius 1 is 1.47 bits per heavy atom. The Balaban J connectivity index is 2.24. The fourth-order valence-corrected chi connectivity index (χ4v) is 1.84. The van der Waals surface area contributed by atoms with Gasteiger partial charge in [-0.15, -0.1) is 0 Å². The zero-order chi connectivity index (χ0) is 10.8. The number of nitrogens with zero attached hydrogens (tertiary/aromatic N) is 1. The van der Waals surface area contributed by atoms with E-state index in [0.29, 0.717) is 18.7 Å². The molecule has 78 valence electrons. The van der Waals surface area contributed by atoms with Gasteiger partial charge in [0.05, 0.1) is 0 Å². The Morgan fingerprint density at radius 3 is 2.87 bits per heavy atom. The van der Waals surface area contributed by atoms with Crippen LogP contribution in [0.4, 0.5) is 4.79 Å². The van der Waals surface area contributed by atoms with Gasteiger partial charge in [-0.3, -0.25) is 9.69 Å². The van der Waals surface area contributed by atoms with E-state index in [1.807, 2.05) is 6.07 Å². The SMILES string of the molecule is O=C1NCCN1C(=O)c1cccc(Br)c1. The second-order valence-electron chi connectivity index (χ2n) is 3.20. The lowest BCUT2D eigenvalue weighted by Gasteiger charge is -2.11. The van der Waals surface area contributed by atoms with Crippen molar-refractivity contribution in [2.75, 3.05) is 13.1 Å². The number of hydrogen-bond acceptors (Lipinski definition) is 2. The van der Waals surface area contributed by atoms with E-state index in [0.717, 1.165) is 4.47 Å². The van der Waals surface area contributed by atoms with Crippen LogP contribution in [0.1, 0.15) is 10.4 Å². The fourth-order valence-electron chi connectivity index (χ4n) is 1.44. The molecular weight excluding hydrogens is 260 g/mol. The number of nitrogens with one attached hydrogen (secondary N) is 1. The van der Waals surface area contributed by atoms with Crippen LogP contribution in [0.5, 0.6) is 0 Å². The van der Waals surface area contributed by atoms with Gasteiger partial charge in [-0.25, -0.2) is 4.79 Å². The van der Waals surface area contributed by atoms with Crippen molar-refractivity contribution in [1.82, 2.24) is 10.2 Å². The van der Waals surface area contributed by atoms with Crippen LogP contribution in [0.15, 0.2) is 28.7 Å². The number of halogens is 1. The standard InChI is InChI=1S/C10H9BrN2O2/c11-8-3-1-2-7(6-8)9(14)13-5-4-12-10(13)15/h1-3,6H,4-5H2,(H,12,15). The normalized spacial score (nSPS) is 15.3. The topological polar surface area (TPSA) is 49.4 Å². The van der Waals surface area contributed by atoms with Crippen LogP contribution in [-0.2, 0) is 0 Å². The van der Waals surface area contributed by atoms with E-state index in [1.54, 1.807) is 18.2 Å². The zero-order valence-electron chi connectivity index (χ0n) is 7.87. The second-order valence-corrected chi connectivity index (χ2v) is 4.11. The van der Waals surface area contributed by atoms with Crippen LogP contribution in [-0.4, -0.2) is 29.9 Å². The number of hydrogen-bond donors (Lipinski definition) is 1. The molecule has 1 fully saturated rings. The molecule has 1 N–H and O–H groups in total. The summed E-state index contributed by atoms with van der Waals surface area (Å²) in [5.41, 5.74) is 0.515. The Labute approximate surface area is 95.4 Å². The molecule has 0 radical (unpaired) electrons. The summed E-state index contributed by atoms with van der Waals surface area (Å²) >= 11 is 3.28. The highest BCUT2D eigenvalue weighted by Gasteiger charge is 2.26. The maximum atomic E-state index is 11.9. The van der Waals surface area contributed by atoms with E-state index in [1.165, 1.54) is 4.90 Å². The van der Waals surface area contributed by atoms with Crippen molar-refractivity contribution in [1.29, 1.82) is 0 Å². The predicted molar refractivity (Wildman–Crippen MR) is 58.6 cm³/mol. The molecule has 1 heterocycles. The number of urea groups is 1. The fraction of sp³-hybridized carbons (Fsp3) is 0.200. The van der Waals surface area contributed by atoms with E-state index in [-0.39, 0.29) is 11.9 Å². The summed E-state index contributed by atoms with van der Waals surface area (Å²) in [6.07, 6.45) is 0. The van der Waals surface area contributed by atoms with Crippen LogP contribution in [0.3, 0.4) is 0 Å². The van der Waals surface area contributed by atoms with E-state index in [9.17, 15) is 9.59 Å². The monoisotopic (exact) mass is 268 g/mol. The number of amides is 3. The lowest BCUT2D eigenvalue weighted by atomic mass is 10.2. The molecule has 0 aliphatic carbocycles. The van der Waals surface area contributed by atoms with E-state index in [4.69, 9.17) is 0 Å². The molecule has 2 rings (SSSR count). The van der Waals surface area contributed by atoms with Crippen molar-refractivity contribution in [2.45, 2.75) is 0 Å². The summed E-state index contributed by atoms with van der Waals surface area (Å²) in [6.45, 7) is 0.961. The quantitative estimate of drug-likeness (QED) is 0.842. The highest BCUT2D eigenvalue weighted by Crippen LogP contribution is 2.14.